The van der Waals surface area contributed by atoms with Crippen LogP contribution in [0.15, 0.2) is 30.3 Å². The summed E-state index contributed by atoms with van der Waals surface area (Å²) in [6, 6.07) is 10.5. The van der Waals surface area contributed by atoms with Crippen LogP contribution in [0, 0.1) is 0 Å². The highest BCUT2D eigenvalue weighted by molar-refractivity contribution is 5.71. The van der Waals surface area contributed by atoms with E-state index in [-0.39, 0.29) is 11.5 Å². The Morgan fingerprint density at radius 1 is 1.35 bits per heavy atom. The van der Waals surface area contributed by atoms with Crippen molar-refractivity contribution in [1.82, 2.24) is 5.32 Å². The molecule has 2 atom stereocenters. The van der Waals surface area contributed by atoms with Crippen LogP contribution in [0.3, 0.4) is 0 Å². The zero-order valence-corrected chi connectivity index (χ0v) is 12.5. The highest BCUT2D eigenvalue weighted by atomic mass is 16.5. The van der Waals surface area contributed by atoms with E-state index >= 15 is 0 Å². The third-order valence-corrected chi connectivity index (χ3v) is 4.50. The van der Waals surface area contributed by atoms with Crippen LogP contribution in [-0.4, -0.2) is 25.2 Å². The minimum atomic E-state index is -0.161. The van der Waals surface area contributed by atoms with Crippen molar-refractivity contribution in [3.63, 3.8) is 0 Å². The molecule has 1 fully saturated rings. The van der Waals surface area contributed by atoms with Crippen LogP contribution < -0.4 is 5.32 Å². The quantitative estimate of drug-likeness (QED) is 0.838. The molecule has 1 aromatic rings. The number of hydrogen-bond donors (Lipinski definition) is 1. The molecule has 20 heavy (non-hydrogen) atoms. The van der Waals surface area contributed by atoms with Gasteiger partial charge in [0.1, 0.15) is 0 Å². The molecule has 2 unspecified atom stereocenters. The third kappa shape index (κ3) is 3.21. The summed E-state index contributed by atoms with van der Waals surface area (Å²) >= 11 is 0. The molecule has 0 amide bonds. The summed E-state index contributed by atoms with van der Waals surface area (Å²) in [7, 11) is 1.97. The van der Waals surface area contributed by atoms with Gasteiger partial charge < -0.3 is 10.1 Å². The number of likely N-dealkylation sites (N-methyl/N-ethyl adjacent to an activating group) is 1. The number of carbonyl (C=O) groups is 1. The highest BCUT2D eigenvalue weighted by Gasteiger charge is 2.42. The van der Waals surface area contributed by atoms with Crippen molar-refractivity contribution in [3.05, 3.63) is 35.9 Å². The first-order chi connectivity index (χ1) is 9.72. The summed E-state index contributed by atoms with van der Waals surface area (Å²) < 4.78 is 5.18. The van der Waals surface area contributed by atoms with Crippen molar-refractivity contribution in [2.75, 3.05) is 13.7 Å². The van der Waals surface area contributed by atoms with Crippen molar-refractivity contribution in [2.45, 2.75) is 50.5 Å². The van der Waals surface area contributed by atoms with Crippen LogP contribution in [0.4, 0.5) is 0 Å². The Morgan fingerprint density at radius 2 is 2.10 bits per heavy atom. The molecule has 1 N–H and O–H groups in total. The molecule has 1 aliphatic rings. The van der Waals surface area contributed by atoms with Crippen molar-refractivity contribution in [2.24, 2.45) is 0 Å². The van der Waals surface area contributed by atoms with E-state index in [1.54, 1.807) is 0 Å². The molecule has 1 aliphatic carbocycles. The van der Waals surface area contributed by atoms with Crippen LogP contribution >= 0.6 is 0 Å². The average molecular weight is 275 g/mol. The predicted octanol–water partition coefficient (Wildman–Crippen LogP) is 3.26. The third-order valence-electron chi connectivity index (χ3n) is 4.50. The molecule has 0 aromatic heterocycles. The maximum Gasteiger partial charge on any atom is 0.307 e. The number of carbonyl (C=O) groups excluding carboxylic acids is 1. The topological polar surface area (TPSA) is 38.3 Å². The normalized spacial score (nSPS) is 26.2. The predicted molar refractivity (Wildman–Crippen MR) is 80.7 cm³/mol. The number of hydrogen-bond acceptors (Lipinski definition) is 3. The Balaban J connectivity index is 2.24. The van der Waals surface area contributed by atoms with Gasteiger partial charge in [-0.05, 0) is 32.4 Å². The van der Waals surface area contributed by atoms with Gasteiger partial charge in [0.05, 0.1) is 13.0 Å². The van der Waals surface area contributed by atoms with Gasteiger partial charge in [-0.1, -0.05) is 43.2 Å². The summed E-state index contributed by atoms with van der Waals surface area (Å²) in [5.41, 5.74) is 1.16. The molecule has 3 heteroatoms. The average Bonchev–Trinajstić information content (AvgIpc) is 2.49. The molecule has 2 rings (SSSR count). The minimum Gasteiger partial charge on any atom is -0.466 e. The minimum absolute atomic E-state index is 0.0929. The first kappa shape index (κ1) is 15.0. The summed E-state index contributed by atoms with van der Waals surface area (Å²) in [6.07, 6.45) is 5.01. The smallest absolute Gasteiger partial charge is 0.307 e. The molecular formula is C17H25NO2. The number of esters is 1. The van der Waals surface area contributed by atoms with Crippen LogP contribution in [0.25, 0.3) is 0 Å². The molecule has 0 radical (unpaired) electrons. The first-order valence-corrected chi connectivity index (χ1v) is 7.61. The first-order valence-electron chi connectivity index (χ1n) is 7.61. The molecule has 0 aliphatic heterocycles. The van der Waals surface area contributed by atoms with Gasteiger partial charge in [-0.15, -0.1) is 0 Å². The Morgan fingerprint density at radius 3 is 2.75 bits per heavy atom. The van der Waals surface area contributed by atoms with Gasteiger partial charge >= 0.3 is 5.97 Å². The van der Waals surface area contributed by atoms with Gasteiger partial charge in [-0.2, -0.15) is 0 Å². The number of nitrogens with one attached hydrogen (secondary N) is 1. The molecule has 0 saturated heterocycles. The van der Waals surface area contributed by atoms with E-state index in [2.05, 4.69) is 29.6 Å². The van der Waals surface area contributed by atoms with Gasteiger partial charge in [0, 0.05) is 11.5 Å². The van der Waals surface area contributed by atoms with E-state index in [0.717, 1.165) is 12.8 Å². The monoisotopic (exact) mass is 275 g/mol. The highest BCUT2D eigenvalue weighted by Crippen LogP contribution is 2.42. The molecule has 0 bridgehead atoms. The fraction of sp³-hybridized carbons (Fsp3) is 0.588. The van der Waals surface area contributed by atoms with Gasteiger partial charge in [-0.25, -0.2) is 0 Å². The lowest BCUT2D eigenvalue weighted by atomic mass is 9.68. The fourth-order valence-electron chi connectivity index (χ4n) is 3.48. The Labute approximate surface area is 121 Å². The number of rotatable bonds is 5. The van der Waals surface area contributed by atoms with Gasteiger partial charge in [0.2, 0.25) is 0 Å². The molecule has 0 heterocycles. The van der Waals surface area contributed by atoms with Gasteiger partial charge in [0.15, 0.2) is 0 Å². The lowest BCUT2D eigenvalue weighted by Crippen LogP contribution is -2.51. The number of benzene rings is 1. The van der Waals surface area contributed by atoms with E-state index in [0.29, 0.717) is 18.9 Å². The standard InChI is InChI=1S/C17H25NO2/c1-3-20-16(19)13-17(18-2)12-8-7-11-15(17)14-9-5-4-6-10-14/h4-6,9-10,15,18H,3,7-8,11-13H2,1-2H3. The molecule has 0 spiro atoms. The summed E-state index contributed by atoms with van der Waals surface area (Å²) in [6.45, 7) is 2.31. The van der Waals surface area contributed by atoms with E-state index in [1.807, 2.05) is 20.0 Å². The Kier molecular flexibility index (Phi) is 5.18. The van der Waals surface area contributed by atoms with Crippen LogP contribution in [0.5, 0.6) is 0 Å². The summed E-state index contributed by atoms with van der Waals surface area (Å²) in [5, 5.41) is 3.45. The molecule has 1 saturated carbocycles. The Hall–Kier alpha value is -1.35. The maximum atomic E-state index is 12.0. The van der Waals surface area contributed by atoms with Crippen molar-refractivity contribution < 1.29 is 9.53 Å². The van der Waals surface area contributed by atoms with Gasteiger partial charge in [-0.3, -0.25) is 4.79 Å². The molecule has 1 aromatic carbocycles. The lowest BCUT2D eigenvalue weighted by molar-refractivity contribution is -0.145. The van der Waals surface area contributed by atoms with E-state index in [9.17, 15) is 4.79 Å². The Bertz CT molecular complexity index is 432. The second-order valence-corrected chi connectivity index (χ2v) is 5.60. The zero-order valence-electron chi connectivity index (χ0n) is 12.5. The van der Waals surface area contributed by atoms with E-state index < -0.39 is 0 Å². The fourth-order valence-corrected chi connectivity index (χ4v) is 3.48. The van der Waals surface area contributed by atoms with Crippen LogP contribution in [0.2, 0.25) is 0 Å². The van der Waals surface area contributed by atoms with E-state index in [1.165, 1.54) is 18.4 Å². The summed E-state index contributed by atoms with van der Waals surface area (Å²) in [4.78, 5) is 12.0. The van der Waals surface area contributed by atoms with E-state index in [4.69, 9.17) is 4.74 Å². The van der Waals surface area contributed by atoms with Crippen molar-refractivity contribution >= 4 is 5.97 Å². The van der Waals surface area contributed by atoms with Gasteiger partial charge in [0.25, 0.3) is 0 Å². The largest absolute Gasteiger partial charge is 0.466 e. The van der Waals surface area contributed by atoms with Crippen LogP contribution in [-0.2, 0) is 9.53 Å². The second kappa shape index (κ2) is 6.89. The SMILES string of the molecule is CCOC(=O)CC1(NC)CCCCC1c1ccccc1. The zero-order chi connectivity index (χ0) is 14.4. The van der Waals surface area contributed by atoms with Crippen LogP contribution in [0.1, 0.15) is 50.5 Å². The lowest BCUT2D eigenvalue weighted by Gasteiger charge is -2.44. The van der Waals surface area contributed by atoms with Crippen molar-refractivity contribution in [3.8, 4) is 0 Å². The molecule has 110 valence electrons. The molecular weight excluding hydrogens is 250 g/mol. The maximum absolute atomic E-state index is 12.0. The molecule has 3 nitrogen and oxygen atoms in total. The number of ether oxygens (including phenoxy) is 1. The van der Waals surface area contributed by atoms with Crippen molar-refractivity contribution in [1.29, 1.82) is 0 Å². The second-order valence-electron chi connectivity index (χ2n) is 5.60. The summed E-state index contributed by atoms with van der Waals surface area (Å²) in [5.74, 6) is 0.288.